The lowest BCUT2D eigenvalue weighted by Crippen LogP contribution is -2.22. The molecule has 0 atom stereocenters. The molecule has 0 fully saturated rings. The first-order chi connectivity index (χ1) is 8.33. The summed E-state index contributed by atoms with van der Waals surface area (Å²) in [5.41, 5.74) is -0.505. The Kier molecular flexibility index (Phi) is 4.95. The molecule has 0 aromatic carbocycles. The minimum Gasteiger partial charge on any atom is -0.462 e. The van der Waals surface area contributed by atoms with Crippen molar-refractivity contribution in [1.29, 1.82) is 0 Å². The third-order valence-corrected chi connectivity index (χ3v) is 3.27. The fraction of sp³-hybridized carbons (Fsp3) is 0.583. The number of carbonyl (C=O) groups excluding carboxylic acids is 1. The first-order valence-corrected chi connectivity index (χ1v) is 6.71. The summed E-state index contributed by atoms with van der Waals surface area (Å²) in [5, 5.41) is 0. The molecule has 1 aromatic rings. The molecule has 5 nitrogen and oxygen atoms in total. The van der Waals surface area contributed by atoms with Crippen molar-refractivity contribution in [3.8, 4) is 0 Å². The number of ether oxygens (including phenoxy) is 1. The molecule has 6 heteroatoms. The van der Waals surface area contributed by atoms with Crippen LogP contribution in [0.25, 0.3) is 0 Å². The molecule has 0 aliphatic rings. The smallest absolute Gasteiger partial charge is 0.345 e. The molecule has 0 aliphatic carbocycles. The molecular weight excluding hydrogens is 252 g/mol. The van der Waals surface area contributed by atoms with Crippen molar-refractivity contribution in [2.75, 3.05) is 6.61 Å². The standard InChI is InChI=1S/C12H18N2O3S/c1-5-17-11(16)8-6-13-9(14-10(8)15)7-18-12(2,3)4/h6H,5,7H2,1-4H3,(H,13,14,15). The number of rotatable bonds is 4. The summed E-state index contributed by atoms with van der Waals surface area (Å²) in [6, 6.07) is 0. The monoisotopic (exact) mass is 270 g/mol. The van der Waals surface area contributed by atoms with Gasteiger partial charge in [0.15, 0.2) is 0 Å². The number of carbonyl (C=O) groups is 1. The van der Waals surface area contributed by atoms with E-state index in [1.54, 1.807) is 18.7 Å². The average molecular weight is 270 g/mol. The predicted molar refractivity (Wildman–Crippen MR) is 71.9 cm³/mol. The summed E-state index contributed by atoms with van der Waals surface area (Å²) >= 11 is 1.67. The Morgan fingerprint density at radius 2 is 2.17 bits per heavy atom. The van der Waals surface area contributed by atoms with Gasteiger partial charge < -0.3 is 9.72 Å². The number of thioether (sulfide) groups is 1. The van der Waals surface area contributed by atoms with Crippen molar-refractivity contribution >= 4 is 17.7 Å². The Morgan fingerprint density at radius 1 is 1.50 bits per heavy atom. The lowest BCUT2D eigenvalue weighted by molar-refractivity contribution is 0.0523. The van der Waals surface area contributed by atoms with Crippen LogP contribution >= 0.6 is 11.8 Å². The number of nitrogens with one attached hydrogen (secondary N) is 1. The summed E-state index contributed by atoms with van der Waals surface area (Å²) in [5.74, 6) is 0.524. The van der Waals surface area contributed by atoms with Gasteiger partial charge in [-0.05, 0) is 6.92 Å². The number of hydrogen-bond acceptors (Lipinski definition) is 5. The van der Waals surface area contributed by atoms with Crippen molar-refractivity contribution in [3.05, 3.63) is 27.9 Å². The molecule has 1 N–H and O–H groups in total. The second kappa shape index (κ2) is 6.04. The summed E-state index contributed by atoms with van der Waals surface area (Å²) in [6.45, 7) is 8.18. The molecule has 100 valence electrons. The van der Waals surface area contributed by atoms with Gasteiger partial charge in [0, 0.05) is 10.9 Å². The van der Waals surface area contributed by atoms with Crippen LogP contribution in [0, 0.1) is 0 Å². The van der Waals surface area contributed by atoms with Crippen LogP contribution in [0.3, 0.4) is 0 Å². The number of hydrogen-bond donors (Lipinski definition) is 1. The Hall–Kier alpha value is -1.30. The van der Waals surface area contributed by atoms with E-state index >= 15 is 0 Å². The van der Waals surface area contributed by atoms with Crippen molar-refractivity contribution in [1.82, 2.24) is 9.97 Å². The predicted octanol–water partition coefficient (Wildman–Crippen LogP) is 1.98. The van der Waals surface area contributed by atoms with Crippen molar-refractivity contribution in [2.24, 2.45) is 0 Å². The molecule has 1 aromatic heterocycles. The maximum Gasteiger partial charge on any atom is 0.345 e. The van der Waals surface area contributed by atoms with Crippen LogP contribution in [0.4, 0.5) is 0 Å². The highest BCUT2D eigenvalue weighted by Crippen LogP contribution is 2.25. The van der Waals surface area contributed by atoms with E-state index in [1.807, 2.05) is 0 Å². The first kappa shape index (κ1) is 14.8. The van der Waals surface area contributed by atoms with E-state index < -0.39 is 11.5 Å². The Balaban J connectivity index is 2.80. The zero-order chi connectivity index (χ0) is 13.8. The van der Waals surface area contributed by atoms with E-state index in [9.17, 15) is 9.59 Å². The van der Waals surface area contributed by atoms with Crippen LogP contribution in [0.2, 0.25) is 0 Å². The largest absolute Gasteiger partial charge is 0.462 e. The fourth-order valence-corrected chi connectivity index (χ4v) is 1.86. The van der Waals surface area contributed by atoms with Gasteiger partial charge in [-0.15, -0.1) is 11.8 Å². The van der Waals surface area contributed by atoms with Crippen molar-refractivity contribution in [2.45, 2.75) is 38.2 Å². The molecule has 0 unspecified atom stereocenters. The molecule has 1 rings (SSSR count). The molecule has 0 radical (unpaired) electrons. The van der Waals surface area contributed by atoms with Gasteiger partial charge in [-0.3, -0.25) is 4.79 Å². The van der Waals surface area contributed by atoms with Crippen LogP contribution in [-0.4, -0.2) is 27.3 Å². The number of aromatic nitrogens is 2. The SMILES string of the molecule is CCOC(=O)c1cnc(CSC(C)(C)C)[nH]c1=O. The van der Waals surface area contributed by atoms with Crippen LogP contribution in [0.5, 0.6) is 0 Å². The van der Waals surface area contributed by atoms with E-state index in [0.717, 1.165) is 0 Å². The Bertz CT molecular complexity index is 477. The molecular formula is C12H18N2O3S. The molecule has 0 spiro atoms. The number of nitrogens with zero attached hydrogens (tertiary/aromatic N) is 1. The van der Waals surface area contributed by atoms with Gasteiger partial charge >= 0.3 is 5.97 Å². The summed E-state index contributed by atoms with van der Waals surface area (Å²) < 4.78 is 4.85. The lowest BCUT2D eigenvalue weighted by Gasteiger charge is -2.16. The first-order valence-electron chi connectivity index (χ1n) is 5.72. The van der Waals surface area contributed by atoms with Gasteiger partial charge in [0.25, 0.3) is 5.56 Å². The summed E-state index contributed by atoms with van der Waals surface area (Å²) in [4.78, 5) is 29.7. The highest BCUT2D eigenvalue weighted by atomic mass is 32.2. The van der Waals surface area contributed by atoms with Gasteiger partial charge in [0.1, 0.15) is 11.4 Å². The fourth-order valence-electron chi connectivity index (χ4n) is 1.14. The zero-order valence-electron chi connectivity index (χ0n) is 11.1. The maximum atomic E-state index is 11.7. The Labute approximate surface area is 110 Å². The van der Waals surface area contributed by atoms with E-state index in [0.29, 0.717) is 11.6 Å². The van der Waals surface area contributed by atoms with Gasteiger partial charge in [-0.2, -0.15) is 0 Å². The van der Waals surface area contributed by atoms with E-state index in [4.69, 9.17) is 4.74 Å². The molecule has 1 heterocycles. The van der Waals surface area contributed by atoms with Gasteiger partial charge in [0.2, 0.25) is 0 Å². The van der Waals surface area contributed by atoms with Crippen LogP contribution in [-0.2, 0) is 10.5 Å². The topological polar surface area (TPSA) is 72.0 Å². The number of aromatic amines is 1. The highest BCUT2D eigenvalue weighted by Gasteiger charge is 2.15. The van der Waals surface area contributed by atoms with Crippen LogP contribution < -0.4 is 5.56 Å². The molecule has 0 saturated carbocycles. The maximum absolute atomic E-state index is 11.7. The summed E-state index contributed by atoms with van der Waals surface area (Å²) in [6.07, 6.45) is 1.27. The second-order valence-corrected chi connectivity index (χ2v) is 6.50. The minimum atomic E-state index is -0.638. The third kappa shape index (κ3) is 4.52. The third-order valence-electron chi connectivity index (χ3n) is 1.99. The van der Waals surface area contributed by atoms with Crippen LogP contribution in [0.15, 0.2) is 11.0 Å². The highest BCUT2D eigenvalue weighted by molar-refractivity contribution is 7.99. The second-order valence-electron chi connectivity index (χ2n) is 4.69. The van der Waals surface area contributed by atoms with Gasteiger partial charge in [-0.1, -0.05) is 20.8 Å². The normalized spacial score (nSPS) is 11.3. The van der Waals surface area contributed by atoms with Crippen molar-refractivity contribution < 1.29 is 9.53 Å². The quantitative estimate of drug-likeness (QED) is 0.847. The average Bonchev–Trinajstić information content (AvgIpc) is 2.25. The van der Waals surface area contributed by atoms with E-state index in [2.05, 4.69) is 30.7 Å². The van der Waals surface area contributed by atoms with Crippen LogP contribution in [0.1, 0.15) is 43.9 Å². The summed E-state index contributed by atoms with van der Waals surface area (Å²) in [7, 11) is 0. The van der Waals surface area contributed by atoms with Gasteiger partial charge in [0.05, 0.1) is 12.4 Å². The number of H-pyrrole nitrogens is 1. The molecule has 0 aliphatic heterocycles. The zero-order valence-corrected chi connectivity index (χ0v) is 11.9. The molecule has 0 amide bonds. The van der Waals surface area contributed by atoms with E-state index in [-0.39, 0.29) is 16.9 Å². The molecule has 0 bridgehead atoms. The number of esters is 1. The van der Waals surface area contributed by atoms with Crippen molar-refractivity contribution in [3.63, 3.8) is 0 Å². The minimum absolute atomic E-state index is 0.0543. The Morgan fingerprint density at radius 3 is 2.67 bits per heavy atom. The lowest BCUT2D eigenvalue weighted by atomic mass is 10.3. The molecule has 0 saturated heterocycles. The van der Waals surface area contributed by atoms with Gasteiger partial charge in [-0.25, -0.2) is 9.78 Å². The molecule has 18 heavy (non-hydrogen) atoms. The van der Waals surface area contributed by atoms with E-state index in [1.165, 1.54) is 6.20 Å².